The van der Waals surface area contributed by atoms with Gasteiger partial charge in [-0.1, -0.05) is 24.3 Å². The van der Waals surface area contributed by atoms with Crippen molar-refractivity contribution in [2.24, 2.45) is 0 Å². The Morgan fingerprint density at radius 1 is 1.35 bits per heavy atom. The van der Waals surface area contributed by atoms with Gasteiger partial charge in [-0.3, -0.25) is 9.78 Å². The monoisotopic (exact) mass is 311 g/mol. The van der Waals surface area contributed by atoms with Crippen molar-refractivity contribution in [3.63, 3.8) is 0 Å². The highest BCUT2D eigenvalue weighted by atomic mass is 16.5. The average molecular weight is 311 g/mol. The number of pyridine rings is 1. The number of aromatic nitrogens is 1. The zero-order valence-corrected chi connectivity index (χ0v) is 13.2. The Balaban J connectivity index is 1.93. The SMILES string of the molecule is C=CCNC(=O)c1cncc(NCCc2ccccc2OC)c1. The van der Waals surface area contributed by atoms with E-state index in [1.807, 2.05) is 24.3 Å². The number of carbonyl (C=O) groups is 1. The van der Waals surface area contributed by atoms with Crippen molar-refractivity contribution < 1.29 is 9.53 Å². The van der Waals surface area contributed by atoms with Gasteiger partial charge in [-0.15, -0.1) is 6.58 Å². The van der Waals surface area contributed by atoms with Crippen molar-refractivity contribution in [2.75, 3.05) is 25.5 Å². The molecule has 0 atom stereocenters. The highest BCUT2D eigenvalue weighted by Crippen LogP contribution is 2.18. The van der Waals surface area contributed by atoms with Crippen LogP contribution in [-0.4, -0.2) is 31.1 Å². The van der Waals surface area contributed by atoms with Crippen LogP contribution in [-0.2, 0) is 6.42 Å². The minimum atomic E-state index is -0.161. The quantitative estimate of drug-likeness (QED) is 0.736. The van der Waals surface area contributed by atoms with Crippen LogP contribution in [0.5, 0.6) is 5.75 Å². The first kappa shape index (κ1) is 16.5. The van der Waals surface area contributed by atoms with E-state index in [-0.39, 0.29) is 5.91 Å². The second-order valence-electron chi connectivity index (χ2n) is 4.95. The number of carbonyl (C=O) groups excluding carboxylic acids is 1. The zero-order chi connectivity index (χ0) is 16.5. The second kappa shape index (κ2) is 8.58. The van der Waals surface area contributed by atoms with Crippen molar-refractivity contribution in [2.45, 2.75) is 6.42 Å². The predicted octanol–water partition coefficient (Wildman–Crippen LogP) is 2.66. The molecule has 0 saturated carbocycles. The number of methoxy groups -OCH3 is 1. The van der Waals surface area contributed by atoms with Gasteiger partial charge in [0.05, 0.1) is 18.4 Å². The highest BCUT2D eigenvalue weighted by molar-refractivity contribution is 5.94. The van der Waals surface area contributed by atoms with Crippen LogP contribution in [0.3, 0.4) is 0 Å². The Morgan fingerprint density at radius 3 is 2.96 bits per heavy atom. The topological polar surface area (TPSA) is 63.2 Å². The van der Waals surface area contributed by atoms with Gasteiger partial charge in [0.25, 0.3) is 5.91 Å². The lowest BCUT2D eigenvalue weighted by Gasteiger charge is -2.10. The molecule has 23 heavy (non-hydrogen) atoms. The van der Waals surface area contributed by atoms with E-state index in [4.69, 9.17) is 4.74 Å². The normalized spacial score (nSPS) is 9.96. The molecule has 2 aromatic rings. The maximum absolute atomic E-state index is 11.9. The van der Waals surface area contributed by atoms with Gasteiger partial charge < -0.3 is 15.4 Å². The fraction of sp³-hybridized carbons (Fsp3) is 0.222. The van der Waals surface area contributed by atoms with Gasteiger partial charge in [-0.25, -0.2) is 0 Å². The summed E-state index contributed by atoms with van der Waals surface area (Å²) in [5.74, 6) is 0.718. The lowest BCUT2D eigenvalue weighted by molar-refractivity contribution is 0.0957. The number of anilines is 1. The summed E-state index contributed by atoms with van der Waals surface area (Å²) in [5.41, 5.74) is 2.47. The molecule has 1 aromatic carbocycles. The van der Waals surface area contributed by atoms with E-state index < -0.39 is 0 Å². The minimum absolute atomic E-state index is 0.161. The zero-order valence-electron chi connectivity index (χ0n) is 13.2. The number of amides is 1. The Morgan fingerprint density at radius 2 is 2.17 bits per heavy atom. The van der Waals surface area contributed by atoms with Crippen LogP contribution in [0.15, 0.2) is 55.4 Å². The molecule has 120 valence electrons. The molecule has 0 aliphatic rings. The Labute approximate surface area is 136 Å². The second-order valence-corrected chi connectivity index (χ2v) is 4.95. The molecule has 5 nitrogen and oxygen atoms in total. The van der Waals surface area contributed by atoms with Crippen LogP contribution in [0.1, 0.15) is 15.9 Å². The molecule has 2 rings (SSSR count). The van der Waals surface area contributed by atoms with E-state index in [0.29, 0.717) is 12.1 Å². The van der Waals surface area contributed by atoms with E-state index >= 15 is 0 Å². The highest BCUT2D eigenvalue weighted by Gasteiger charge is 2.06. The van der Waals surface area contributed by atoms with E-state index in [2.05, 4.69) is 22.2 Å². The van der Waals surface area contributed by atoms with Crippen molar-refractivity contribution in [3.8, 4) is 5.75 Å². The van der Waals surface area contributed by atoms with E-state index in [1.165, 1.54) is 0 Å². The molecule has 0 unspecified atom stereocenters. The van der Waals surface area contributed by atoms with Gasteiger partial charge in [-0.05, 0) is 24.1 Å². The van der Waals surface area contributed by atoms with Gasteiger partial charge in [0.1, 0.15) is 5.75 Å². The number of ether oxygens (including phenoxy) is 1. The van der Waals surface area contributed by atoms with E-state index in [9.17, 15) is 4.79 Å². The molecule has 1 aromatic heterocycles. The molecule has 2 N–H and O–H groups in total. The Kier molecular flexibility index (Phi) is 6.17. The summed E-state index contributed by atoms with van der Waals surface area (Å²) in [4.78, 5) is 16.0. The minimum Gasteiger partial charge on any atom is -0.496 e. The maximum Gasteiger partial charge on any atom is 0.253 e. The number of rotatable bonds is 8. The third kappa shape index (κ3) is 4.85. The van der Waals surface area contributed by atoms with Gasteiger partial charge in [0.2, 0.25) is 0 Å². The van der Waals surface area contributed by atoms with Crippen molar-refractivity contribution in [1.29, 1.82) is 0 Å². The third-order valence-corrected chi connectivity index (χ3v) is 3.32. The summed E-state index contributed by atoms with van der Waals surface area (Å²) >= 11 is 0. The summed E-state index contributed by atoms with van der Waals surface area (Å²) < 4.78 is 5.34. The van der Waals surface area contributed by atoms with Crippen molar-refractivity contribution in [1.82, 2.24) is 10.3 Å². The molecule has 0 fully saturated rings. The summed E-state index contributed by atoms with van der Waals surface area (Å²) in [6, 6.07) is 9.71. The summed E-state index contributed by atoms with van der Waals surface area (Å²) in [6.07, 6.45) is 5.70. The summed E-state index contributed by atoms with van der Waals surface area (Å²) in [7, 11) is 1.67. The lowest BCUT2D eigenvalue weighted by Crippen LogP contribution is -2.23. The van der Waals surface area contributed by atoms with Crippen LogP contribution in [0.2, 0.25) is 0 Å². The fourth-order valence-corrected chi connectivity index (χ4v) is 2.18. The summed E-state index contributed by atoms with van der Waals surface area (Å²) in [5, 5.41) is 6.01. The van der Waals surface area contributed by atoms with Crippen molar-refractivity contribution >= 4 is 11.6 Å². The maximum atomic E-state index is 11.9. The van der Waals surface area contributed by atoms with E-state index in [0.717, 1.165) is 30.0 Å². The molecular formula is C18H21N3O2. The summed E-state index contributed by atoms with van der Waals surface area (Å²) in [6.45, 7) is 4.73. The Bertz CT molecular complexity index is 671. The van der Waals surface area contributed by atoms with Crippen LogP contribution in [0.25, 0.3) is 0 Å². The number of nitrogens with one attached hydrogen (secondary N) is 2. The fourth-order valence-electron chi connectivity index (χ4n) is 2.18. The molecule has 1 heterocycles. The molecule has 0 bridgehead atoms. The Hall–Kier alpha value is -2.82. The molecule has 0 spiro atoms. The van der Waals surface area contributed by atoms with Crippen LogP contribution in [0, 0.1) is 0 Å². The number of nitrogens with zero attached hydrogens (tertiary/aromatic N) is 1. The average Bonchev–Trinajstić information content (AvgIpc) is 2.60. The molecule has 0 saturated heterocycles. The predicted molar refractivity (Wildman–Crippen MR) is 92.0 cm³/mol. The van der Waals surface area contributed by atoms with Gasteiger partial charge in [-0.2, -0.15) is 0 Å². The number of hydrogen-bond donors (Lipinski definition) is 2. The van der Waals surface area contributed by atoms with Gasteiger partial charge >= 0.3 is 0 Å². The largest absolute Gasteiger partial charge is 0.496 e. The molecule has 0 radical (unpaired) electrons. The standard InChI is InChI=1S/C18H21N3O2/c1-3-9-21-18(22)15-11-16(13-19-12-15)20-10-8-14-6-4-5-7-17(14)23-2/h3-7,11-13,20H,1,8-10H2,2H3,(H,21,22). The number of hydrogen-bond acceptors (Lipinski definition) is 4. The molecule has 1 amide bonds. The molecule has 0 aliphatic carbocycles. The smallest absolute Gasteiger partial charge is 0.253 e. The van der Waals surface area contributed by atoms with E-state index in [1.54, 1.807) is 31.6 Å². The number of para-hydroxylation sites is 1. The molecule has 0 aliphatic heterocycles. The van der Waals surface area contributed by atoms with Gasteiger partial charge in [0.15, 0.2) is 0 Å². The van der Waals surface area contributed by atoms with Crippen LogP contribution < -0.4 is 15.4 Å². The lowest BCUT2D eigenvalue weighted by atomic mass is 10.1. The first-order valence-electron chi connectivity index (χ1n) is 7.44. The van der Waals surface area contributed by atoms with Gasteiger partial charge in [0, 0.05) is 25.5 Å². The first-order valence-corrected chi connectivity index (χ1v) is 7.44. The van der Waals surface area contributed by atoms with Crippen molar-refractivity contribution in [3.05, 3.63) is 66.5 Å². The molecular weight excluding hydrogens is 290 g/mol. The van der Waals surface area contributed by atoms with Crippen LogP contribution in [0.4, 0.5) is 5.69 Å². The third-order valence-electron chi connectivity index (χ3n) is 3.32. The first-order chi connectivity index (χ1) is 11.2. The van der Waals surface area contributed by atoms with Crippen LogP contribution >= 0.6 is 0 Å². The number of benzene rings is 1. The molecule has 5 heteroatoms.